The van der Waals surface area contributed by atoms with Gasteiger partial charge in [0.1, 0.15) is 0 Å². The van der Waals surface area contributed by atoms with Gasteiger partial charge >= 0.3 is 5.97 Å². The molecule has 5 saturated carbocycles. The second-order valence-electron chi connectivity index (χ2n) is 9.43. The van der Waals surface area contributed by atoms with Crippen LogP contribution in [0.25, 0.3) is 0 Å². The van der Waals surface area contributed by atoms with Crippen molar-refractivity contribution in [3.63, 3.8) is 0 Å². The van der Waals surface area contributed by atoms with Gasteiger partial charge in [0, 0.05) is 12.0 Å². The SMILES string of the molecule is C=C1[C@H]2CCC3(C(C2)[C@]2(C(=O)O)CCC[C@@](C)(CO)C2C[C@H]3O)[C@H]1O. The third kappa shape index (κ3) is 1.87. The summed E-state index contributed by atoms with van der Waals surface area (Å²) < 4.78 is 0. The molecule has 8 atom stereocenters. The van der Waals surface area contributed by atoms with E-state index < -0.39 is 34.4 Å². The Hall–Kier alpha value is -0.910. The Labute approximate surface area is 148 Å². The van der Waals surface area contributed by atoms with E-state index in [4.69, 9.17) is 0 Å². The Morgan fingerprint density at radius 3 is 2.56 bits per heavy atom. The molecule has 0 aliphatic heterocycles. The Kier molecular flexibility index (Phi) is 3.71. The Morgan fingerprint density at radius 1 is 1.20 bits per heavy atom. The van der Waals surface area contributed by atoms with Gasteiger partial charge in [-0.15, -0.1) is 0 Å². The van der Waals surface area contributed by atoms with Crippen molar-refractivity contribution in [1.29, 1.82) is 0 Å². The third-order valence-electron chi connectivity index (χ3n) is 8.74. The van der Waals surface area contributed by atoms with Crippen molar-refractivity contribution < 1.29 is 25.2 Å². The van der Waals surface area contributed by atoms with Gasteiger partial charge in [0.15, 0.2) is 0 Å². The third-order valence-corrected chi connectivity index (χ3v) is 8.74. The minimum atomic E-state index is -0.963. The smallest absolute Gasteiger partial charge is 0.310 e. The van der Waals surface area contributed by atoms with Crippen molar-refractivity contribution in [2.24, 2.45) is 34.0 Å². The van der Waals surface area contributed by atoms with Crippen LogP contribution in [0.3, 0.4) is 0 Å². The van der Waals surface area contributed by atoms with Crippen molar-refractivity contribution in [1.82, 2.24) is 0 Å². The van der Waals surface area contributed by atoms with Crippen molar-refractivity contribution in [3.8, 4) is 0 Å². The van der Waals surface area contributed by atoms with E-state index in [1.807, 2.05) is 6.92 Å². The fourth-order valence-electron chi connectivity index (χ4n) is 7.43. The number of carboxylic acids is 1. The molecule has 5 rings (SSSR count). The van der Waals surface area contributed by atoms with Gasteiger partial charge in [-0.2, -0.15) is 0 Å². The molecule has 5 aliphatic rings. The molecular formula is C20H30O5. The monoisotopic (exact) mass is 350 g/mol. The van der Waals surface area contributed by atoms with Crippen LogP contribution in [0.15, 0.2) is 12.2 Å². The fourth-order valence-corrected chi connectivity index (χ4v) is 7.43. The van der Waals surface area contributed by atoms with Gasteiger partial charge in [-0.05, 0) is 67.3 Å². The summed E-state index contributed by atoms with van der Waals surface area (Å²) >= 11 is 0. The van der Waals surface area contributed by atoms with Gasteiger partial charge in [-0.3, -0.25) is 4.79 Å². The molecule has 0 aromatic heterocycles. The number of fused-ring (bicyclic) bond motifs is 3. The molecule has 4 N–H and O–H groups in total. The highest BCUT2D eigenvalue weighted by molar-refractivity contribution is 5.77. The fraction of sp³-hybridized carbons (Fsp3) is 0.850. The number of aliphatic carboxylic acids is 1. The molecular weight excluding hydrogens is 320 g/mol. The standard InChI is InChI=1S/C20H30O5/c1-11-12-4-7-20(16(11)23)14(8-12)19(17(24)25)6-3-5-18(2,10-21)13(19)9-15(20)22/h12-16,21-23H,1,3-10H2,2H3,(H,24,25)/t12-,13?,14?,15+,16-,18-,19-,20?/m0/s1. The number of carboxylic acid groups (broad SMARTS) is 1. The Balaban J connectivity index is 1.89. The molecule has 5 nitrogen and oxygen atoms in total. The van der Waals surface area contributed by atoms with E-state index in [-0.39, 0.29) is 24.4 Å². The highest BCUT2D eigenvalue weighted by Gasteiger charge is 2.73. The van der Waals surface area contributed by atoms with E-state index in [0.29, 0.717) is 25.7 Å². The predicted molar refractivity (Wildman–Crippen MR) is 91.6 cm³/mol. The first-order valence-electron chi connectivity index (χ1n) is 9.63. The number of carbonyl (C=O) groups is 1. The molecule has 0 heterocycles. The Bertz CT molecular complexity index is 617. The van der Waals surface area contributed by atoms with Gasteiger partial charge < -0.3 is 20.4 Å². The number of hydrogen-bond donors (Lipinski definition) is 4. The summed E-state index contributed by atoms with van der Waals surface area (Å²) in [5.74, 6) is -1.18. The average molecular weight is 350 g/mol. The summed E-state index contributed by atoms with van der Waals surface area (Å²) in [5.41, 5.74) is -1.46. The number of rotatable bonds is 2. The second-order valence-corrected chi connectivity index (χ2v) is 9.43. The summed E-state index contributed by atoms with van der Waals surface area (Å²) in [7, 11) is 0. The van der Waals surface area contributed by atoms with Crippen LogP contribution in [0, 0.1) is 34.0 Å². The predicted octanol–water partition coefficient (Wildman–Crippen LogP) is 1.95. The summed E-state index contributed by atoms with van der Waals surface area (Å²) in [6, 6.07) is 0. The molecule has 3 unspecified atom stereocenters. The average Bonchev–Trinajstić information content (AvgIpc) is 2.60. The van der Waals surface area contributed by atoms with E-state index in [2.05, 4.69) is 6.58 Å². The zero-order valence-electron chi connectivity index (χ0n) is 14.9. The van der Waals surface area contributed by atoms with Crippen molar-refractivity contribution in [3.05, 3.63) is 12.2 Å². The second kappa shape index (κ2) is 5.30. The van der Waals surface area contributed by atoms with Crippen LogP contribution in [0.2, 0.25) is 0 Å². The summed E-state index contributed by atoms with van der Waals surface area (Å²) in [5, 5.41) is 42.6. The van der Waals surface area contributed by atoms with Crippen LogP contribution in [-0.2, 0) is 4.79 Å². The maximum Gasteiger partial charge on any atom is 0.310 e. The van der Waals surface area contributed by atoms with Crippen molar-refractivity contribution in [2.45, 2.75) is 64.1 Å². The van der Waals surface area contributed by atoms with E-state index >= 15 is 0 Å². The minimum absolute atomic E-state index is 0.0577. The molecule has 5 aliphatic carbocycles. The first-order chi connectivity index (χ1) is 11.7. The van der Waals surface area contributed by atoms with Gasteiger partial charge in [0.2, 0.25) is 0 Å². The molecule has 0 aromatic carbocycles. The molecule has 5 heteroatoms. The van der Waals surface area contributed by atoms with Crippen LogP contribution in [-0.4, -0.2) is 45.2 Å². The molecule has 0 aromatic rings. The molecule has 5 fully saturated rings. The van der Waals surface area contributed by atoms with Crippen LogP contribution in [0.5, 0.6) is 0 Å². The van der Waals surface area contributed by atoms with E-state index in [0.717, 1.165) is 24.8 Å². The minimum Gasteiger partial charge on any atom is -0.481 e. The lowest BCUT2D eigenvalue weighted by Crippen LogP contribution is -2.71. The van der Waals surface area contributed by atoms with Crippen LogP contribution < -0.4 is 0 Å². The lowest BCUT2D eigenvalue weighted by molar-refractivity contribution is -0.259. The quantitative estimate of drug-likeness (QED) is 0.571. The zero-order chi connectivity index (χ0) is 18.2. The van der Waals surface area contributed by atoms with E-state index in [1.54, 1.807) is 0 Å². The molecule has 0 saturated heterocycles. The first kappa shape index (κ1) is 17.5. The van der Waals surface area contributed by atoms with Crippen molar-refractivity contribution >= 4 is 5.97 Å². The van der Waals surface area contributed by atoms with Gasteiger partial charge in [-0.1, -0.05) is 19.9 Å². The molecule has 25 heavy (non-hydrogen) atoms. The number of hydrogen-bond acceptors (Lipinski definition) is 4. The molecule has 1 spiro atoms. The van der Waals surface area contributed by atoms with Crippen LogP contribution in [0.1, 0.15) is 51.9 Å². The highest BCUT2D eigenvalue weighted by atomic mass is 16.4. The molecule has 2 bridgehead atoms. The lowest BCUT2D eigenvalue weighted by atomic mass is 9.35. The number of aliphatic hydroxyl groups is 3. The van der Waals surface area contributed by atoms with Gasteiger partial charge in [-0.25, -0.2) is 0 Å². The van der Waals surface area contributed by atoms with Crippen LogP contribution in [0.4, 0.5) is 0 Å². The van der Waals surface area contributed by atoms with E-state index in [1.165, 1.54) is 0 Å². The van der Waals surface area contributed by atoms with Crippen molar-refractivity contribution in [2.75, 3.05) is 6.61 Å². The van der Waals surface area contributed by atoms with Gasteiger partial charge in [0.25, 0.3) is 0 Å². The van der Waals surface area contributed by atoms with Gasteiger partial charge in [0.05, 0.1) is 17.6 Å². The summed E-state index contributed by atoms with van der Waals surface area (Å²) in [4.78, 5) is 12.7. The Morgan fingerprint density at radius 2 is 1.92 bits per heavy atom. The normalized spacial score (nSPS) is 54.7. The van der Waals surface area contributed by atoms with E-state index in [9.17, 15) is 25.2 Å². The summed E-state index contributed by atoms with van der Waals surface area (Å²) in [6.45, 7) is 5.98. The maximum atomic E-state index is 12.7. The molecule has 0 radical (unpaired) electrons. The zero-order valence-corrected chi connectivity index (χ0v) is 14.9. The topological polar surface area (TPSA) is 98.0 Å². The number of aliphatic hydroxyl groups excluding tert-OH is 3. The highest BCUT2D eigenvalue weighted by Crippen LogP contribution is 2.72. The summed E-state index contributed by atoms with van der Waals surface area (Å²) in [6.07, 6.45) is 3.15. The maximum absolute atomic E-state index is 12.7. The first-order valence-corrected chi connectivity index (χ1v) is 9.63. The molecule has 140 valence electrons. The molecule has 0 amide bonds. The lowest BCUT2D eigenvalue weighted by Gasteiger charge is -2.69. The van der Waals surface area contributed by atoms with Crippen LogP contribution >= 0.6 is 0 Å². The largest absolute Gasteiger partial charge is 0.481 e.